The molecule has 1 heterocycles. The van der Waals surface area contributed by atoms with Gasteiger partial charge in [0, 0.05) is 13.1 Å². The molecule has 0 saturated carbocycles. The Hall–Kier alpha value is -0.430. The molecule has 0 aromatic carbocycles. The first-order valence-corrected chi connectivity index (χ1v) is 9.99. The topological polar surface area (TPSA) is 40.6 Å². The van der Waals surface area contributed by atoms with Gasteiger partial charge in [0.05, 0.1) is 0 Å². The van der Waals surface area contributed by atoms with Crippen LogP contribution in [0.1, 0.15) is 34.1 Å². The predicted octanol–water partition coefficient (Wildman–Crippen LogP) is 3.13. The van der Waals surface area contributed by atoms with Crippen molar-refractivity contribution in [2.75, 3.05) is 32.7 Å². The summed E-state index contributed by atoms with van der Waals surface area (Å²) in [5.74, 6) is 0.327. The second kappa shape index (κ2) is 8.88. The Morgan fingerprint density at radius 2 is 1.86 bits per heavy atom. The lowest BCUT2D eigenvalue weighted by Crippen LogP contribution is -2.36. The normalized spacial score (nSPS) is 12.7. The van der Waals surface area contributed by atoms with Crippen LogP contribution < -0.4 is 0 Å². The van der Waals surface area contributed by atoms with Crippen molar-refractivity contribution in [3.8, 4) is 0 Å². The average molecular weight is 333 g/mol. The van der Waals surface area contributed by atoms with Crippen LogP contribution in [-0.2, 0) is 10.0 Å². The lowest BCUT2D eigenvalue weighted by molar-refractivity contribution is 0.278. The molecule has 0 aliphatic rings. The maximum atomic E-state index is 12.7. The third-order valence-electron chi connectivity index (χ3n) is 3.43. The van der Waals surface area contributed by atoms with E-state index in [-0.39, 0.29) is 0 Å². The van der Waals surface area contributed by atoms with Gasteiger partial charge in [-0.25, -0.2) is 8.42 Å². The molecule has 1 rings (SSSR count). The summed E-state index contributed by atoms with van der Waals surface area (Å²) in [6, 6.07) is 3.48. The van der Waals surface area contributed by atoms with Crippen molar-refractivity contribution in [3.63, 3.8) is 0 Å². The molecule has 0 bridgehead atoms. The number of hydrogen-bond donors (Lipinski definition) is 0. The van der Waals surface area contributed by atoms with E-state index in [2.05, 4.69) is 32.6 Å². The third-order valence-corrected chi connectivity index (χ3v) is 6.67. The van der Waals surface area contributed by atoms with E-state index in [1.807, 2.05) is 5.38 Å². The first-order valence-electron chi connectivity index (χ1n) is 7.67. The monoisotopic (exact) mass is 332 g/mol. The molecule has 0 aliphatic heterocycles. The minimum absolute atomic E-state index is 0.327. The molecule has 4 nitrogen and oxygen atoms in total. The standard InChI is InChI=1S/C15H28N2O2S2/c1-5-16(6-2)10-8-11-17(13-14(3)4)21(18,19)15-9-7-12-20-15/h7,9,12,14H,5-6,8,10-11,13H2,1-4H3. The van der Waals surface area contributed by atoms with Gasteiger partial charge in [-0.1, -0.05) is 33.8 Å². The van der Waals surface area contributed by atoms with Crippen LogP contribution in [0.25, 0.3) is 0 Å². The van der Waals surface area contributed by atoms with Gasteiger partial charge in [-0.2, -0.15) is 4.31 Å². The largest absolute Gasteiger partial charge is 0.304 e. The fraction of sp³-hybridized carbons (Fsp3) is 0.733. The Morgan fingerprint density at radius 3 is 2.33 bits per heavy atom. The summed E-state index contributed by atoms with van der Waals surface area (Å²) in [6.07, 6.45) is 0.874. The summed E-state index contributed by atoms with van der Waals surface area (Å²) < 4.78 is 27.4. The summed E-state index contributed by atoms with van der Waals surface area (Å²) in [4.78, 5) is 2.32. The van der Waals surface area contributed by atoms with Crippen LogP contribution in [0, 0.1) is 5.92 Å². The molecule has 0 fully saturated rings. The minimum atomic E-state index is -3.33. The highest BCUT2D eigenvalue weighted by atomic mass is 32.2. The highest BCUT2D eigenvalue weighted by molar-refractivity contribution is 7.91. The molecule has 0 spiro atoms. The van der Waals surface area contributed by atoms with Gasteiger partial charge in [0.2, 0.25) is 0 Å². The van der Waals surface area contributed by atoms with Crippen molar-refractivity contribution < 1.29 is 8.42 Å². The average Bonchev–Trinajstić information content (AvgIpc) is 2.96. The van der Waals surface area contributed by atoms with Gasteiger partial charge in [0.25, 0.3) is 10.0 Å². The molecule has 0 saturated heterocycles. The summed E-state index contributed by atoms with van der Waals surface area (Å²) in [5, 5.41) is 1.82. The van der Waals surface area contributed by atoms with E-state index in [4.69, 9.17) is 0 Å². The molecule has 21 heavy (non-hydrogen) atoms. The molecule has 1 aromatic rings. The first kappa shape index (κ1) is 18.6. The maximum Gasteiger partial charge on any atom is 0.252 e. The number of rotatable bonds is 10. The Bertz CT molecular complexity index is 480. The second-order valence-corrected chi connectivity index (χ2v) is 8.68. The van der Waals surface area contributed by atoms with Gasteiger partial charge in [-0.05, 0) is 43.4 Å². The van der Waals surface area contributed by atoms with Gasteiger partial charge in [-0.3, -0.25) is 0 Å². The van der Waals surface area contributed by atoms with Crippen molar-refractivity contribution in [1.82, 2.24) is 9.21 Å². The molecule has 6 heteroatoms. The predicted molar refractivity (Wildman–Crippen MR) is 90.3 cm³/mol. The van der Waals surface area contributed by atoms with Gasteiger partial charge < -0.3 is 4.90 Å². The number of sulfonamides is 1. The van der Waals surface area contributed by atoms with Crippen LogP contribution in [-0.4, -0.2) is 50.3 Å². The molecule has 0 N–H and O–H groups in total. The van der Waals surface area contributed by atoms with E-state index in [0.717, 1.165) is 26.1 Å². The van der Waals surface area contributed by atoms with Crippen LogP contribution in [0.15, 0.2) is 21.7 Å². The van der Waals surface area contributed by atoms with Gasteiger partial charge in [0.15, 0.2) is 0 Å². The third kappa shape index (κ3) is 5.70. The fourth-order valence-electron chi connectivity index (χ4n) is 2.26. The number of hydrogen-bond acceptors (Lipinski definition) is 4. The Kier molecular flexibility index (Phi) is 7.87. The Balaban J connectivity index is 2.72. The minimum Gasteiger partial charge on any atom is -0.304 e. The van der Waals surface area contributed by atoms with Crippen molar-refractivity contribution in [3.05, 3.63) is 17.5 Å². The quantitative estimate of drug-likeness (QED) is 0.661. The summed E-state index contributed by atoms with van der Waals surface area (Å²) in [5.41, 5.74) is 0. The summed E-state index contributed by atoms with van der Waals surface area (Å²) in [6.45, 7) is 12.5. The fourth-order valence-corrected chi connectivity index (χ4v) is 5.05. The molecule has 0 amide bonds. The van der Waals surface area contributed by atoms with Crippen LogP contribution >= 0.6 is 11.3 Å². The van der Waals surface area contributed by atoms with Crippen molar-refractivity contribution >= 4 is 21.4 Å². The van der Waals surface area contributed by atoms with E-state index in [0.29, 0.717) is 23.2 Å². The molecule has 0 aliphatic carbocycles. The van der Waals surface area contributed by atoms with Gasteiger partial charge in [0.1, 0.15) is 4.21 Å². The van der Waals surface area contributed by atoms with E-state index in [1.54, 1.807) is 16.4 Å². The molecular weight excluding hydrogens is 304 g/mol. The molecule has 122 valence electrons. The van der Waals surface area contributed by atoms with Crippen LogP contribution in [0.2, 0.25) is 0 Å². The number of thiophene rings is 1. The molecule has 0 unspecified atom stereocenters. The van der Waals surface area contributed by atoms with Crippen LogP contribution in [0.5, 0.6) is 0 Å². The van der Waals surface area contributed by atoms with E-state index >= 15 is 0 Å². The Morgan fingerprint density at radius 1 is 1.19 bits per heavy atom. The highest BCUT2D eigenvalue weighted by Crippen LogP contribution is 2.22. The highest BCUT2D eigenvalue weighted by Gasteiger charge is 2.25. The smallest absolute Gasteiger partial charge is 0.252 e. The van der Waals surface area contributed by atoms with E-state index in [9.17, 15) is 8.42 Å². The summed E-state index contributed by atoms with van der Waals surface area (Å²) in [7, 11) is -3.33. The number of nitrogens with zero attached hydrogens (tertiary/aromatic N) is 2. The van der Waals surface area contributed by atoms with Crippen molar-refractivity contribution in [1.29, 1.82) is 0 Å². The van der Waals surface area contributed by atoms with Crippen molar-refractivity contribution in [2.24, 2.45) is 5.92 Å². The van der Waals surface area contributed by atoms with Crippen molar-refractivity contribution in [2.45, 2.75) is 38.3 Å². The molecular formula is C15H28N2O2S2. The molecule has 1 aromatic heterocycles. The zero-order valence-corrected chi connectivity index (χ0v) is 15.2. The van der Waals surface area contributed by atoms with Crippen LogP contribution in [0.3, 0.4) is 0 Å². The van der Waals surface area contributed by atoms with E-state index in [1.165, 1.54) is 11.3 Å². The van der Waals surface area contributed by atoms with E-state index < -0.39 is 10.0 Å². The van der Waals surface area contributed by atoms with Gasteiger partial charge >= 0.3 is 0 Å². The maximum absolute atomic E-state index is 12.7. The first-order chi connectivity index (χ1) is 9.91. The summed E-state index contributed by atoms with van der Waals surface area (Å²) >= 11 is 1.29. The molecule has 0 atom stereocenters. The van der Waals surface area contributed by atoms with Gasteiger partial charge in [-0.15, -0.1) is 11.3 Å². The zero-order chi connectivity index (χ0) is 15.9. The lowest BCUT2D eigenvalue weighted by atomic mass is 10.2. The molecule has 0 radical (unpaired) electrons. The second-order valence-electron chi connectivity index (χ2n) is 5.57. The lowest BCUT2D eigenvalue weighted by Gasteiger charge is -2.25. The SMILES string of the molecule is CCN(CC)CCCN(CC(C)C)S(=O)(=O)c1cccs1. The Labute approximate surface area is 133 Å². The van der Waals surface area contributed by atoms with Crippen LogP contribution in [0.4, 0.5) is 0 Å². The zero-order valence-electron chi connectivity index (χ0n) is 13.6.